The maximum absolute atomic E-state index is 10.5. The van der Waals surface area contributed by atoms with Crippen molar-refractivity contribution in [2.24, 2.45) is 0 Å². The minimum atomic E-state index is 0.123. The van der Waals surface area contributed by atoms with E-state index in [0.717, 1.165) is 18.4 Å². The van der Waals surface area contributed by atoms with E-state index in [0.29, 0.717) is 40.8 Å². The molecule has 0 aliphatic carbocycles. The van der Waals surface area contributed by atoms with Crippen molar-refractivity contribution < 1.29 is 14.3 Å². The molecule has 1 aromatic carbocycles. The fourth-order valence-electron chi connectivity index (χ4n) is 4.41. The highest BCUT2D eigenvalue weighted by molar-refractivity contribution is 5.72. The van der Waals surface area contributed by atoms with Gasteiger partial charge < -0.3 is 19.6 Å². The summed E-state index contributed by atoms with van der Waals surface area (Å²) in [4.78, 5) is 4.29. The van der Waals surface area contributed by atoms with Gasteiger partial charge in [0.1, 0.15) is 23.8 Å². The van der Waals surface area contributed by atoms with Crippen LogP contribution in [0.15, 0.2) is 41.0 Å². The highest BCUT2D eigenvalue weighted by Gasteiger charge is 2.32. The van der Waals surface area contributed by atoms with E-state index >= 15 is 0 Å². The van der Waals surface area contributed by atoms with Crippen molar-refractivity contribution >= 4 is 0 Å². The summed E-state index contributed by atoms with van der Waals surface area (Å²) in [5.74, 6) is 1.24. The van der Waals surface area contributed by atoms with Gasteiger partial charge in [-0.05, 0) is 43.9 Å². The number of nitrogens with one attached hydrogen (secondary N) is 1. The van der Waals surface area contributed by atoms with Crippen molar-refractivity contribution in [1.82, 2.24) is 20.5 Å². The van der Waals surface area contributed by atoms with Crippen LogP contribution in [0.5, 0.6) is 11.6 Å². The maximum Gasteiger partial charge on any atom is 0.233 e. The van der Waals surface area contributed by atoms with Crippen LogP contribution >= 0.6 is 0 Å². The number of oxazole rings is 1. The lowest BCUT2D eigenvalue weighted by atomic mass is 9.85. The lowest BCUT2D eigenvalue weighted by molar-refractivity contribution is 0.0881. The number of ether oxygens (including phenoxy) is 1. The van der Waals surface area contributed by atoms with Crippen molar-refractivity contribution in [3.8, 4) is 34.1 Å². The number of fused-ring (bicyclic) bond motifs is 2. The summed E-state index contributed by atoms with van der Waals surface area (Å²) < 4.78 is 11.3. The van der Waals surface area contributed by atoms with Crippen LogP contribution in [0.25, 0.3) is 22.5 Å². The summed E-state index contributed by atoms with van der Waals surface area (Å²) in [5, 5.41) is 22.6. The molecule has 29 heavy (non-hydrogen) atoms. The summed E-state index contributed by atoms with van der Waals surface area (Å²) in [6.45, 7) is 1.78. The van der Waals surface area contributed by atoms with E-state index < -0.39 is 0 Å². The Labute approximate surface area is 169 Å². The van der Waals surface area contributed by atoms with E-state index in [-0.39, 0.29) is 11.9 Å². The molecule has 2 bridgehead atoms. The topological polar surface area (TPSA) is 93.3 Å². The Kier molecular flexibility index (Phi) is 4.67. The first-order chi connectivity index (χ1) is 14.1. The predicted molar refractivity (Wildman–Crippen MR) is 108 cm³/mol. The minimum absolute atomic E-state index is 0.123. The van der Waals surface area contributed by atoms with Crippen molar-refractivity contribution in [3.63, 3.8) is 0 Å². The Hall–Kier alpha value is -2.93. The van der Waals surface area contributed by atoms with Gasteiger partial charge in [0.2, 0.25) is 5.88 Å². The molecule has 2 unspecified atom stereocenters. The average Bonchev–Trinajstić information content (AvgIpc) is 3.15. The maximum atomic E-state index is 10.5. The molecular weight excluding hydrogens is 368 g/mol. The van der Waals surface area contributed by atoms with Gasteiger partial charge in [-0.25, -0.2) is 4.98 Å². The molecule has 2 N–H and O–H groups in total. The van der Waals surface area contributed by atoms with Gasteiger partial charge in [0.15, 0.2) is 5.89 Å². The Bertz CT molecular complexity index is 990. The van der Waals surface area contributed by atoms with E-state index in [1.165, 1.54) is 19.3 Å². The van der Waals surface area contributed by atoms with Crippen LogP contribution in [0.4, 0.5) is 0 Å². The highest BCUT2D eigenvalue weighted by Crippen LogP contribution is 2.33. The third kappa shape index (κ3) is 3.82. The number of benzene rings is 1. The molecule has 7 heteroatoms. The third-order valence-electron chi connectivity index (χ3n) is 5.79. The summed E-state index contributed by atoms with van der Waals surface area (Å²) in [6, 6.07) is 10.1. The molecule has 150 valence electrons. The van der Waals surface area contributed by atoms with Gasteiger partial charge in [0.25, 0.3) is 0 Å². The molecule has 2 aromatic heterocycles. The lowest BCUT2D eigenvalue weighted by Crippen LogP contribution is -2.51. The molecule has 3 aromatic rings. The molecule has 2 atom stereocenters. The summed E-state index contributed by atoms with van der Waals surface area (Å²) in [7, 11) is 0. The van der Waals surface area contributed by atoms with Gasteiger partial charge in [-0.15, -0.1) is 10.2 Å². The second-order valence-corrected chi connectivity index (χ2v) is 7.94. The van der Waals surface area contributed by atoms with Crippen LogP contribution < -0.4 is 10.1 Å². The van der Waals surface area contributed by atoms with Crippen LogP contribution in [0.3, 0.4) is 0 Å². The molecule has 2 saturated heterocycles. The zero-order chi connectivity index (χ0) is 19.8. The van der Waals surface area contributed by atoms with Crippen LogP contribution in [0, 0.1) is 6.92 Å². The van der Waals surface area contributed by atoms with Gasteiger partial charge in [0, 0.05) is 36.2 Å². The molecule has 2 fully saturated rings. The van der Waals surface area contributed by atoms with Crippen LogP contribution in [-0.4, -0.2) is 38.5 Å². The summed E-state index contributed by atoms with van der Waals surface area (Å²) in [6.07, 6.45) is 7.55. The van der Waals surface area contributed by atoms with E-state index in [1.807, 2.05) is 24.3 Å². The smallest absolute Gasteiger partial charge is 0.233 e. The summed E-state index contributed by atoms with van der Waals surface area (Å²) >= 11 is 0. The Morgan fingerprint density at radius 2 is 1.90 bits per heavy atom. The van der Waals surface area contributed by atoms with Crippen LogP contribution in [0.1, 0.15) is 38.0 Å². The first-order valence-corrected chi connectivity index (χ1v) is 10.2. The first kappa shape index (κ1) is 18.1. The molecule has 7 nitrogen and oxygen atoms in total. The van der Waals surface area contributed by atoms with Crippen LogP contribution in [-0.2, 0) is 0 Å². The molecule has 2 aliphatic rings. The second-order valence-electron chi connectivity index (χ2n) is 7.94. The molecule has 2 aliphatic heterocycles. The second kappa shape index (κ2) is 7.48. The number of aromatic nitrogens is 3. The van der Waals surface area contributed by atoms with Crippen molar-refractivity contribution in [1.29, 1.82) is 0 Å². The molecule has 0 radical (unpaired) electrons. The number of piperidine rings is 2. The Morgan fingerprint density at radius 3 is 2.55 bits per heavy atom. The SMILES string of the molecule is Cc1nc(-c2ccc(-c3ccc(OC4CC5CCCC(C4)N5)nn3)c(O)c2)co1. The fourth-order valence-corrected chi connectivity index (χ4v) is 4.41. The van der Waals surface area contributed by atoms with Gasteiger partial charge in [-0.2, -0.15) is 0 Å². The molecule has 5 rings (SSSR count). The Morgan fingerprint density at radius 1 is 1.07 bits per heavy atom. The van der Waals surface area contributed by atoms with Gasteiger partial charge in [-0.3, -0.25) is 0 Å². The fraction of sp³-hybridized carbons (Fsp3) is 0.409. The number of rotatable bonds is 4. The van der Waals surface area contributed by atoms with Gasteiger partial charge in [-0.1, -0.05) is 12.5 Å². The quantitative estimate of drug-likeness (QED) is 0.696. The van der Waals surface area contributed by atoms with Crippen molar-refractivity contribution in [3.05, 3.63) is 42.5 Å². The number of phenolic OH excluding ortho intramolecular Hbond substituents is 1. The number of nitrogens with zero attached hydrogens (tertiary/aromatic N) is 3. The molecule has 0 saturated carbocycles. The lowest BCUT2D eigenvalue weighted by Gasteiger charge is -2.39. The van der Waals surface area contributed by atoms with E-state index in [2.05, 4.69) is 20.5 Å². The highest BCUT2D eigenvalue weighted by atomic mass is 16.5. The van der Waals surface area contributed by atoms with Crippen LogP contribution in [0.2, 0.25) is 0 Å². The van der Waals surface area contributed by atoms with Gasteiger partial charge >= 0.3 is 0 Å². The number of aromatic hydroxyl groups is 1. The Balaban J connectivity index is 1.30. The zero-order valence-corrected chi connectivity index (χ0v) is 16.3. The first-order valence-electron chi connectivity index (χ1n) is 10.2. The number of hydrogen-bond donors (Lipinski definition) is 2. The van der Waals surface area contributed by atoms with E-state index in [9.17, 15) is 5.11 Å². The zero-order valence-electron chi connectivity index (χ0n) is 16.3. The number of aryl methyl sites for hydroxylation is 1. The molecule has 0 amide bonds. The number of hydrogen-bond acceptors (Lipinski definition) is 7. The summed E-state index contributed by atoms with van der Waals surface area (Å²) in [5.41, 5.74) is 2.68. The minimum Gasteiger partial charge on any atom is -0.507 e. The molecular formula is C22H24N4O3. The van der Waals surface area contributed by atoms with Crippen molar-refractivity contribution in [2.75, 3.05) is 0 Å². The average molecular weight is 392 g/mol. The standard InChI is InChI=1S/C22H24N4O3/c1-13-23-20(12-28-13)14-5-6-18(21(27)9-14)19-7-8-22(26-25-19)29-17-10-15-3-2-4-16(11-17)24-15/h5-9,12,15-17,24,27H,2-4,10-11H2,1H3. The molecule has 0 spiro atoms. The number of phenols is 1. The molecule has 4 heterocycles. The van der Waals surface area contributed by atoms with E-state index in [1.54, 1.807) is 19.3 Å². The van der Waals surface area contributed by atoms with Crippen molar-refractivity contribution in [2.45, 2.75) is 57.2 Å². The largest absolute Gasteiger partial charge is 0.507 e. The third-order valence-corrected chi connectivity index (χ3v) is 5.79. The monoisotopic (exact) mass is 392 g/mol. The predicted octanol–water partition coefficient (Wildman–Crippen LogP) is 3.86. The van der Waals surface area contributed by atoms with Gasteiger partial charge in [0.05, 0.1) is 5.69 Å². The van der Waals surface area contributed by atoms with E-state index in [4.69, 9.17) is 9.15 Å². The normalized spacial score (nSPS) is 23.7.